The minimum atomic E-state index is -5.08. The van der Waals surface area contributed by atoms with Crippen molar-refractivity contribution in [3.8, 4) is 5.75 Å². The van der Waals surface area contributed by atoms with E-state index >= 15 is 0 Å². The summed E-state index contributed by atoms with van der Waals surface area (Å²) >= 11 is 5.89. The van der Waals surface area contributed by atoms with Crippen LogP contribution in [-0.4, -0.2) is 53.7 Å². The molecule has 0 aliphatic heterocycles. The lowest BCUT2D eigenvalue weighted by atomic mass is 9.70. The van der Waals surface area contributed by atoms with Crippen molar-refractivity contribution in [1.82, 2.24) is 30.4 Å². The van der Waals surface area contributed by atoms with Crippen LogP contribution in [-0.2, 0) is 16.6 Å². The summed E-state index contributed by atoms with van der Waals surface area (Å²) in [7, 11) is 0. The van der Waals surface area contributed by atoms with Gasteiger partial charge in [-0.15, -0.1) is 5.10 Å². The highest BCUT2D eigenvalue weighted by atomic mass is 35.5. The van der Waals surface area contributed by atoms with Crippen molar-refractivity contribution in [3.63, 3.8) is 0 Å². The zero-order valence-electron chi connectivity index (χ0n) is 21.8. The van der Waals surface area contributed by atoms with Gasteiger partial charge in [-0.25, -0.2) is 29.0 Å². The Labute approximate surface area is 239 Å². The van der Waals surface area contributed by atoms with Crippen molar-refractivity contribution >= 4 is 29.2 Å². The smallest absolute Gasteiger partial charge is 0.487 e. The van der Waals surface area contributed by atoms with Crippen LogP contribution in [0.25, 0.3) is 0 Å². The molecule has 0 bridgehead atoms. The third-order valence-corrected chi connectivity index (χ3v) is 6.69. The Morgan fingerprint density at radius 3 is 2.55 bits per heavy atom. The number of halogens is 5. The number of hydrogen-bond acceptors (Lipinski definition) is 9. The Morgan fingerprint density at radius 2 is 1.95 bits per heavy atom. The van der Waals surface area contributed by atoms with Crippen LogP contribution in [0.2, 0.25) is 5.02 Å². The van der Waals surface area contributed by atoms with Gasteiger partial charge in [0.05, 0.1) is 22.7 Å². The van der Waals surface area contributed by atoms with E-state index < -0.39 is 29.1 Å². The maximum atomic E-state index is 14.3. The van der Waals surface area contributed by atoms with Crippen LogP contribution in [0, 0.1) is 12.7 Å². The summed E-state index contributed by atoms with van der Waals surface area (Å²) in [6.07, 6.45) is -0.929. The SMILES string of the molecule is Cc1cc(Nc2ccn[nH]2)nc(CC2(c3n[nH]c(=O)o3)CCC(Oc3cccc(Cl)c3F)CC2)n1.O=C(O)C(F)(F)F. The first-order valence-electron chi connectivity index (χ1n) is 12.4. The Kier molecular flexibility index (Phi) is 9.14. The van der Waals surface area contributed by atoms with Crippen LogP contribution in [0.15, 0.2) is 45.7 Å². The summed E-state index contributed by atoms with van der Waals surface area (Å²) < 4.78 is 57.4. The van der Waals surface area contributed by atoms with Crippen LogP contribution < -0.4 is 15.8 Å². The number of aromatic amines is 2. The molecule has 1 saturated carbocycles. The zero-order valence-corrected chi connectivity index (χ0v) is 22.6. The molecule has 4 aromatic rings. The number of carboxylic acids is 1. The fourth-order valence-electron chi connectivity index (χ4n) is 4.48. The average molecular weight is 614 g/mol. The maximum absolute atomic E-state index is 14.3. The molecule has 1 fully saturated rings. The first-order valence-corrected chi connectivity index (χ1v) is 12.8. The number of anilines is 2. The van der Waals surface area contributed by atoms with Gasteiger partial charge in [0, 0.05) is 24.2 Å². The van der Waals surface area contributed by atoms with Crippen LogP contribution in [0.4, 0.5) is 29.2 Å². The van der Waals surface area contributed by atoms with E-state index in [-0.39, 0.29) is 16.9 Å². The van der Waals surface area contributed by atoms with E-state index in [1.807, 2.05) is 13.0 Å². The molecule has 3 heterocycles. The van der Waals surface area contributed by atoms with Gasteiger partial charge in [-0.05, 0) is 44.7 Å². The molecule has 4 N–H and O–H groups in total. The number of H-pyrrole nitrogens is 2. The number of nitrogens with one attached hydrogen (secondary N) is 3. The molecular weight excluding hydrogens is 590 g/mol. The molecule has 42 heavy (non-hydrogen) atoms. The maximum Gasteiger partial charge on any atom is 0.490 e. The molecule has 17 heteroatoms. The molecule has 0 spiro atoms. The summed E-state index contributed by atoms with van der Waals surface area (Å²) in [6, 6.07) is 8.31. The largest absolute Gasteiger partial charge is 0.490 e. The normalized spacial score (nSPS) is 18.6. The van der Waals surface area contributed by atoms with Crippen molar-refractivity contribution < 1.29 is 36.6 Å². The fraction of sp³-hybridized carbons (Fsp3) is 0.360. The van der Waals surface area contributed by atoms with Crippen molar-refractivity contribution in [2.24, 2.45) is 0 Å². The number of alkyl halides is 3. The monoisotopic (exact) mass is 613 g/mol. The minimum absolute atomic E-state index is 0.0158. The number of ether oxygens (including phenoxy) is 1. The van der Waals surface area contributed by atoms with Gasteiger partial charge in [0.25, 0.3) is 0 Å². The van der Waals surface area contributed by atoms with Gasteiger partial charge in [0.1, 0.15) is 17.5 Å². The van der Waals surface area contributed by atoms with Gasteiger partial charge in [-0.2, -0.15) is 18.3 Å². The summed E-state index contributed by atoms with van der Waals surface area (Å²) in [5.41, 5.74) is 0.161. The zero-order chi connectivity index (χ0) is 30.5. The van der Waals surface area contributed by atoms with E-state index in [0.29, 0.717) is 55.5 Å². The first kappa shape index (κ1) is 30.5. The third-order valence-electron chi connectivity index (χ3n) is 6.39. The van der Waals surface area contributed by atoms with E-state index in [9.17, 15) is 22.4 Å². The quantitative estimate of drug-likeness (QED) is 0.211. The number of rotatable bonds is 7. The molecule has 12 nitrogen and oxygen atoms in total. The summed E-state index contributed by atoms with van der Waals surface area (Å²) in [4.78, 5) is 29.9. The Morgan fingerprint density at radius 1 is 1.24 bits per heavy atom. The van der Waals surface area contributed by atoms with Crippen LogP contribution >= 0.6 is 11.6 Å². The molecule has 0 atom stereocenters. The molecule has 0 radical (unpaired) electrons. The molecule has 224 valence electrons. The first-order chi connectivity index (χ1) is 19.8. The van der Waals surface area contributed by atoms with Crippen molar-refractivity contribution in [2.75, 3.05) is 5.32 Å². The predicted molar refractivity (Wildman–Crippen MR) is 139 cm³/mol. The molecule has 0 saturated heterocycles. The summed E-state index contributed by atoms with van der Waals surface area (Å²) in [6.45, 7) is 1.88. The lowest BCUT2D eigenvalue weighted by Gasteiger charge is -2.37. The van der Waals surface area contributed by atoms with E-state index in [1.54, 1.807) is 24.4 Å². The topological polar surface area (TPSA) is 172 Å². The highest BCUT2D eigenvalue weighted by molar-refractivity contribution is 6.30. The summed E-state index contributed by atoms with van der Waals surface area (Å²) in [5, 5.41) is 23.6. The highest BCUT2D eigenvalue weighted by Gasteiger charge is 2.43. The van der Waals surface area contributed by atoms with Gasteiger partial charge in [0.2, 0.25) is 5.89 Å². The number of aliphatic carboxylic acids is 1. The van der Waals surface area contributed by atoms with Gasteiger partial charge >= 0.3 is 17.9 Å². The number of aromatic nitrogens is 6. The number of carboxylic acid groups (broad SMARTS) is 1. The van der Waals surface area contributed by atoms with Crippen molar-refractivity contribution in [1.29, 1.82) is 0 Å². The van der Waals surface area contributed by atoms with Crippen molar-refractivity contribution in [2.45, 2.75) is 56.7 Å². The second-order valence-electron chi connectivity index (χ2n) is 9.45. The standard InChI is InChI=1S/C23H23ClFN7O3.C2HF3O2/c1-13-11-18(28-17-7-10-26-30-17)29-19(27-13)12-23(21-31-32-22(33)35-21)8-5-14(6-9-23)34-16-4-2-3-15(24)20(16)25;3-2(4,5)1(6)7/h2-4,7,10-11,14H,5-6,8-9,12H2,1H3,(H,32,33)(H2,26,27,28,29,30);(H,6,7). The molecule has 0 amide bonds. The van der Waals surface area contributed by atoms with E-state index in [4.69, 9.17) is 30.7 Å². The molecule has 1 aliphatic rings. The lowest BCUT2D eigenvalue weighted by molar-refractivity contribution is -0.192. The molecule has 1 aromatic carbocycles. The third kappa shape index (κ3) is 7.63. The van der Waals surface area contributed by atoms with Crippen LogP contribution in [0.5, 0.6) is 5.75 Å². The molecule has 0 unspecified atom stereocenters. The Bertz CT molecular complexity index is 1570. The number of benzene rings is 1. The second-order valence-corrected chi connectivity index (χ2v) is 9.86. The molecule has 3 aromatic heterocycles. The van der Waals surface area contributed by atoms with Gasteiger partial charge < -0.3 is 19.6 Å². The fourth-order valence-corrected chi connectivity index (χ4v) is 4.64. The number of hydrogen-bond donors (Lipinski definition) is 4. The van der Waals surface area contributed by atoms with Crippen molar-refractivity contribution in [3.05, 3.63) is 75.3 Å². The van der Waals surface area contributed by atoms with Crippen LogP contribution in [0.3, 0.4) is 0 Å². The molecular formula is C25H24ClF4N7O5. The molecule has 5 rings (SSSR count). The lowest BCUT2D eigenvalue weighted by Crippen LogP contribution is -2.38. The predicted octanol–water partition coefficient (Wildman–Crippen LogP) is 4.86. The van der Waals surface area contributed by atoms with E-state index in [0.717, 1.165) is 5.69 Å². The Hall–Kier alpha value is -4.47. The minimum Gasteiger partial charge on any atom is -0.487 e. The summed E-state index contributed by atoms with van der Waals surface area (Å²) in [5.74, 6) is -1.62. The van der Waals surface area contributed by atoms with Gasteiger partial charge in [0.15, 0.2) is 11.6 Å². The van der Waals surface area contributed by atoms with Crippen LogP contribution in [0.1, 0.15) is 43.1 Å². The van der Waals surface area contributed by atoms with E-state index in [1.165, 1.54) is 6.07 Å². The molecule has 1 aliphatic carbocycles. The second kappa shape index (κ2) is 12.6. The van der Waals surface area contributed by atoms with E-state index in [2.05, 4.69) is 35.7 Å². The van der Waals surface area contributed by atoms with Gasteiger partial charge in [-0.1, -0.05) is 17.7 Å². The Balaban J connectivity index is 0.000000517. The average Bonchev–Trinajstić information content (AvgIpc) is 3.59. The number of carbonyl (C=O) groups is 1. The number of aryl methyl sites for hydroxylation is 1. The number of nitrogens with zero attached hydrogens (tertiary/aromatic N) is 4. The highest BCUT2D eigenvalue weighted by Crippen LogP contribution is 2.42. The van der Waals surface area contributed by atoms with Gasteiger partial charge in [-0.3, -0.25) is 5.10 Å².